The number of hydrogen-bond donors (Lipinski definition) is 1. The SMILES string of the molecule is C=NC(=C)/C(=C\C[C@H](C(C)Cl)n1cc(C(=O)OCC)c(C#N)n1)C(N)=O. The Bertz CT molecular complexity index is 789. The second kappa shape index (κ2) is 9.53. The molecule has 0 aliphatic carbocycles. The third kappa shape index (κ3) is 5.04. The van der Waals surface area contributed by atoms with Crippen molar-refractivity contribution in [2.75, 3.05) is 6.61 Å². The summed E-state index contributed by atoms with van der Waals surface area (Å²) >= 11 is 6.24. The van der Waals surface area contributed by atoms with Gasteiger partial charge in [-0.15, -0.1) is 11.6 Å². The number of aliphatic imine (C=N–C) groups is 1. The summed E-state index contributed by atoms with van der Waals surface area (Å²) in [7, 11) is 0. The third-order valence-corrected chi connectivity index (χ3v) is 3.82. The summed E-state index contributed by atoms with van der Waals surface area (Å²) in [6, 6.07) is 1.40. The number of amides is 1. The molecule has 1 aromatic rings. The van der Waals surface area contributed by atoms with E-state index in [9.17, 15) is 14.9 Å². The molecule has 1 amide bonds. The smallest absolute Gasteiger partial charge is 0.342 e. The number of esters is 1. The molecule has 9 heteroatoms. The Morgan fingerprint density at radius 3 is 2.73 bits per heavy atom. The molecule has 0 bridgehead atoms. The van der Waals surface area contributed by atoms with E-state index in [2.05, 4.69) is 23.4 Å². The first-order valence-corrected chi connectivity index (χ1v) is 8.16. The quantitative estimate of drug-likeness (QED) is 0.232. The topological polar surface area (TPSA) is 123 Å². The lowest BCUT2D eigenvalue weighted by atomic mass is 10.1. The Morgan fingerprint density at radius 2 is 2.27 bits per heavy atom. The molecule has 0 saturated carbocycles. The van der Waals surface area contributed by atoms with Gasteiger partial charge < -0.3 is 10.5 Å². The highest BCUT2D eigenvalue weighted by atomic mass is 35.5. The van der Waals surface area contributed by atoms with Crippen LogP contribution in [0.4, 0.5) is 0 Å². The van der Waals surface area contributed by atoms with Crippen molar-refractivity contribution >= 4 is 30.2 Å². The Kier molecular flexibility index (Phi) is 7.75. The second-order valence-corrected chi connectivity index (χ2v) is 5.96. The predicted molar refractivity (Wildman–Crippen MR) is 97.8 cm³/mol. The van der Waals surface area contributed by atoms with Crippen LogP contribution >= 0.6 is 11.6 Å². The molecule has 1 aromatic heterocycles. The Morgan fingerprint density at radius 1 is 1.62 bits per heavy atom. The van der Waals surface area contributed by atoms with Crippen LogP contribution in [0.15, 0.2) is 35.1 Å². The number of nitriles is 1. The highest BCUT2D eigenvalue weighted by Gasteiger charge is 2.24. The van der Waals surface area contributed by atoms with Crippen molar-refractivity contribution in [2.24, 2.45) is 10.7 Å². The summed E-state index contributed by atoms with van der Waals surface area (Å²) < 4.78 is 6.32. The van der Waals surface area contributed by atoms with Gasteiger partial charge in [0, 0.05) is 6.20 Å². The fourth-order valence-corrected chi connectivity index (χ4v) is 2.41. The van der Waals surface area contributed by atoms with Gasteiger partial charge in [0.25, 0.3) is 5.91 Å². The molecule has 1 unspecified atom stereocenters. The maximum Gasteiger partial charge on any atom is 0.342 e. The van der Waals surface area contributed by atoms with Gasteiger partial charge in [-0.1, -0.05) is 12.7 Å². The number of nitrogens with zero attached hydrogens (tertiary/aromatic N) is 4. The molecule has 1 rings (SSSR count). The van der Waals surface area contributed by atoms with E-state index >= 15 is 0 Å². The zero-order valence-electron chi connectivity index (χ0n) is 14.6. The highest BCUT2D eigenvalue weighted by molar-refractivity contribution is 6.20. The molecular weight excluding hydrogens is 358 g/mol. The number of halogens is 1. The number of alkyl halides is 1. The van der Waals surface area contributed by atoms with E-state index in [0.29, 0.717) is 0 Å². The molecule has 138 valence electrons. The second-order valence-electron chi connectivity index (χ2n) is 5.27. The van der Waals surface area contributed by atoms with Crippen molar-refractivity contribution in [3.63, 3.8) is 0 Å². The van der Waals surface area contributed by atoms with Crippen LogP contribution in [0.5, 0.6) is 0 Å². The van der Waals surface area contributed by atoms with Crippen molar-refractivity contribution in [1.29, 1.82) is 5.26 Å². The Balaban J connectivity index is 3.25. The zero-order chi connectivity index (χ0) is 19.9. The molecule has 2 N–H and O–H groups in total. The first kappa shape index (κ1) is 21.1. The summed E-state index contributed by atoms with van der Waals surface area (Å²) in [5.41, 5.74) is 5.56. The molecule has 0 aliphatic heterocycles. The van der Waals surface area contributed by atoms with E-state index in [4.69, 9.17) is 22.1 Å². The van der Waals surface area contributed by atoms with Crippen molar-refractivity contribution in [3.8, 4) is 6.07 Å². The van der Waals surface area contributed by atoms with E-state index in [1.54, 1.807) is 13.8 Å². The van der Waals surface area contributed by atoms with Crippen LogP contribution in [0.2, 0.25) is 0 Å². The van der Waals surface area contributed by atoms with Gasteiger partial charge in [0.05, 0.1) is 29.3 Å². The van der Waals surface area contributed by atoms with Crippen molar-refractivity contribution in [1.82, 2.24) is 9.78 Å². The molecule has 0 radical (unpaired) electrons. The lowest BCUT2D eigenvalue weighted by Crippen LogP contribution is -2.19. The minimum Gasteiger partial charge on any atom is -0.462 e. The number of hydrogen-bond acceptors (Lipinski definition) is 6. The van der Waals surface area contributed by atoms with E-state index in [-0.39, 0.29) is 35.6 Å². The average molecular weight is 378 g/mol. The van der Waals surface area contributed by atoms with Gasteiger partial charge >= 0.3 is 5.97 Å². The first-order chi connectivity index (χ1) is 12.3. The van der Waals surface area contributed by atoms with E-state index in [0.717, 1.165) is 0 Å². The number of rotatable bonds is 9. The number of carbonyl (C=O) groups excluding carboxylic acids is 2. The lowest BCUT2D eigenvalue weighted by molar-refractivity contribution is -0.114. The van der Waals surface area contributed by atoms with Gasteiger partial charge in [0.15, 0.2) is 5.69 Å². The van der Waals surface area contributed by atoms with Crippen molar-refractivity contribution < 1.29 is 14.3 Å². The molecule has 0 aliphatic rings. The van der Waals surface area contributed by atoms with Gasteiger partial charge in [-0.2, -0.15) is 10.4 Å². The summed E-state index contributed by atoms with van der Waals surface area (Å²) in [6.45, 7) is 10.5. The number of primary amides is 1. The number of carbonyl (C=O) groups is 2. The van der Waals surface area contributed by atoms with Crippen LogP contribution in [-0.2, 0) is 9.53 Å². The molecule has 0 saturated heterocycles. The lowest BCUT2D eigenvalue weighted by Gasteiger charge is -2.18. The maximum atomic E-state index is 12.0. The van der Waals surface area contributed by atoms with Crippen LogP contribution in [0.1, 0.15) is 42.4 Å². The predicted octanol–water partition coefficient (Wildman–Crippen LogP) is 2.12. The van der Waals surface area contributed by atoms with Gasteiger partial charge in [0.2, 0.25) is 0 Å². The number of aromatic nitrogens is 2. The monoisotopic (exact) mass is 377 g/mol. The van der Waals surface area contributed by atoms with Crippen LogP contribution in [0.3, 0.4) is 0 Å². The average Bonchev–Trinajstić information content (AvgIpc) is 3.01. The number of nitrogens with two attached hydrogens (primary N) is 1. The third-order valence-electron chi connectivity index (χ3n) is 3.53. The summed E-state index contributed by atoms with van der Waals surface area (Å²) in [5.74, 6) is -1.34. The van der Waals surface area contributed by atoms with Crippen LogP contribution in [0, 0.1) is 11.3 Å². The minimum atomic E-state index is -0.700. The summed E-state index contributed by atoms with van der Waals surface area (Å²) in [4.78, 5) is 27.1. The normalized spacial score (nSPS) is 13.4. The van der Waals surface area contributed by atoms with Gasteiger partial charge in [-0.25, -0.2) is 4.79 Å². The largest absolute Gasteiger partial charge is 0.462 e. The molecule has 2 atom stereocenters. The van der Waals surface area contributed by atoms with Crippen molar-refractivity contribution in [3.05, 3.63) is 41.4 Å². The standard InChI is InChI=1S/C17H20ClN5O3/c1-5-26-17(25)13-9-23(22-14(13)8-19)15(10(2)18)7-6-12(16(20)24)11(3)21-4/h6,9-10,15H,3-5,7H2,1-2H3,(H2,20,24)/b12-6+/t10?,15-/m1/s1. The van der Waals surface area contributed by atoms with E-state index < -0.39 is 23.3 Å². The molecule has 1 heterocycles. The zero-order valence-corrected chi connectivity index (χ0v) is 15.4. The van der Waals surface area contributed by atoms with Crippen LogP contribution < -0.4 is 5.73 Å². The molecule has 0 fully saturated rings. The van der Waals surface area contributed by atoms with Crippen LogP contribution in [-0.4, -0.2) is 40.4 Å². The molecule has 26 heavy (non-hydrogen) atoms. The Labute approximate surface area is 156 Å². The van der Waals surface area contributed by atoms with E-state index in [1.165, 1.54) is 17.0 Å². The molecule has 0 spiro atoms. The highest BCUT2D eigenvalue weighted by Crippen LogP contribution is 2.24. The van der Waals surface area contributed by atoms with Crippen LogP contribution in [0.25, 0.3) is 0 Å². The number of ether oxygens (including phenoxy) is 1. The van der Waals surface area contributed by atoms with E-state index in [1.807, 2.05) is 6.07 Å². The van der Waals surface area contributed by atoms with Crippen molar-refractivity contribution in [2.45, 2.75) is 31.7 Å². The molecule has 0 aromatic carbocycles. The minimum absolute atomic E-state index is 0.0490. The summed E-state index contributed by atoms with van der Waals surface area (Å²) in [6.07, 6.45) is 3.17. The first-order valence-electron chi connectivity index (χ1n) is 7.73. The van der Waals surface area contributed by atoms with Gasteiger partial charge in [0.1, 0.15) is 11.6 Å². The summed E-state index contributed by atoms with van der Waals surface area (Å²) in [5, 5.41) is 12.9. The van der Waals surface area contributed by atoms with Gasteiger partial charge in [-0.05, 0) is 27.0 Å². The van der Waals surface area contributed by atoms with Gasteiger partial charge in [-0.3, -0.25) is 14.5 Å². The molecule has 8 nitrogen and oxygen atoms in total. The Hall–Kier alpha value is -2.92. The fourth-order valence-electron chi connectivity index (χ4n) is 2.19. The fraction of sp³-hybridized carbons (Fsp3) is 0.353. The maximum absolute atomic E-state index is 12.0. The number of allylic oxidation sites excluding steroid dienone is 1. The molecular formula is C17H20ClN5O3.